The van der Waals surface area contributed by atoms with Crippen LogP contribution >= 0.6 is 0 Å². The summed E-state index contributed by atoms with van der Waals surface area (Å²) in [5, 5.41) is 0. The molecule has 110 valence electrons. The molecule has 2 fully saturated rings. The normalized spacial score (nSPS) is 26.2. The highest BCUT2D eigenvalue weighted by Crippen LogP contribution is 2.45. The van der Waals surface area contributed by atoms with E-state index in [1.807, 2.05) is 0 Å². The second-order valence-corrected chi connectivity index (χ2v) is 7.04. The number of rotatable bonds is 7. The van der Waals surface area contributed by atoms with Crippen molar-refractivity contribution in [2.75, 3.05) is 6.61 Å². The Morgan fingerprint density at radius 2 is 2.00 bits per heavy atom. The van der Waals surface area contributed by atoms with Gasteiger partial charge in [-0.1, -0.05) is 26.7 Å². The molecular formula is C17H30O2. The highest BCUT2D eigenvalue weighted by Gasteiger charge is 2.40. The third kappa shape index (κ3) is 4.05. The van der Waals surface area contributed by atoms with Gasteiger partial charge in [0.05, 0.1) is 6.10 Å². The van der Waals surface area contributed by atoms with Crippen LogP contribution < -0.4 is 0 Å². The second-order valence-electron chi connectivity index (χ2n) is 7.04. The fourth-order valence-electron chi connectivity index (χ4n) is 4.06. The van der Waals surface area contributed by atoms with E-state index in [1.54, 1.807) is 0 Å². The third-order valence-corrected chi connectivity index (χ3v) is 4.91. The van der Waals surface area contributed by atoms with E-state index >= 15 is 0 Å². The molecule has 2 heteroatoms. The number of carbonyl (C=O) groups is 1. The van der Waals surface area contributed by atoms with E-state index in [-0.39, 0.29) is 5.41 Å². The number of ether oxygens (including phenoxy) is 1. The zero-order valence-corrected chi connectivity index (χ0v) is 12.7. The molecule has 1 saturated heterocycles. The summed E-state index contributed by atoms with van der Waals surface area (Å²) in [5.41, 5.74) is 0.0463. The Labute approximate surface area is 118 Å². The Morgan fingerprint density at radius 1 is 1.26 bits per heavy atom. The molecule has 0 aromatic heterocycles. The molecule has 1 unspecified atom stereocenters. The molecule has 0 aromatic rings. The van der Waals surface area contributed by atoms with Crippen molar-refractivity contribution in [2.24, 2.45) is 11.3 Å². The third-order valence-electron chi connectivity index (χ3n) is 4.91. The van der Waals surface area contributed by atoms with Gasteiger partial charge in [0.15, 0.2) is 0 Å². The van der Waals surface area contributed by atoms with Gasteiger partial charge in [0, 0.05) is 18.4 Å². The van der Waals surface area contributed by atoms with Gasteiger partial charge in [-0.2, -0.15) is 0 Å². The molecular weight excluding hydrogens is 236 g/mol. The summed E-state index contributed by atoms with van der Waals surface area (Å²) in [4.78, 5) is 12.6. The van der Waals surface area contributed by atoms with Gasteiger partial charge in [0.2, 0.25) is 0 Å². The molecule has 0 spiro atoms. The Morgan fingerprint density at radius 3 is 2.58 bits per heavy atom. The first kappa shape index (κ1) is 15.0. The lowest BCUT2D eigenvalue weighted by atomic mass is 9.73. The topological polar surface area (TPSA) is 26.3 Å². The van der Waals surface area contributed by atoms with Crippen molar-refractivity contribution in [3.63, 3.8) is 0 Å². The fourth-order valence-corrected chi connectivity index (χ4v) is 4.06. The maximum Gasteiger partial charge on any atom is 0.139 e. The van der Waals surface area contributed by atoms with E-state index in [9.17, 15) is 4.79 Å². The molecule has 2 rings (SSSR count). The van der Waals surface area contributed by atoms with Gasteiger partial charge in [-0.25, -0.2) is 0 Å². The molecule has 1 aliphatic heterocycles. The molecule has 0 radical (unpaired) electrons. The van der Waals surface area contributed by atoms with Crippen molar-refractivity contribution >= 4 is 5.78 Å². The molecule has 0 N–H and O–H groups in total. The number of hydrogen-bond donors (Lipinski definition) is 0. The molecule has 0 bridgehead atoms. The van der Waals surface area contributed by atoms with Gasteiger partial charge in [-0.15, -0.1) is 0 Å². The van der Waals surface area contributed by atoms with E-state index < -0.39 is 0 Å². The summed E-state index contributed by atoms with van der Waals surface area (Å²) < 4.78 is 5.64. The number of ketones is 1. The van der Waals surface area contributed by atoms with Crippen LogP contribution in [-0.4, -0.2) is 18.5 Å². The molecule has 0 amide bonds. The van der Waals surface area contributed by atoms with E-state index in [0.29, 0.717) is 17.8 Å². The first-order valence-electron chi connectivity index (χ1n) is 8.27. The van der Waals surface area contributed by atoms with Gasteiger partial charge in [-0.3, -0.25) is 4.79 Å². The predicted molar refractivity (Wildman–Crippen MR) is 78.2 cm³/mol. The lowest BCUT2D eigenvalue weighted by Gasteiger charge is -2.29. The summed E-state index contributed by atoms with van der Waals surface area (Å²) >= 11 is 0. The minimum atomic E-state index is 0.0463. The number of carbonyl (C=O) groups excluding carboxylic acids is 1. The van der Waals surface area contributed by atoms with Crippen LogP contribution in [0.4, 0.5) is 0 Å². The lowest BCUT2D eigenvalue weighted by Crippen LogP contribution is -2.29. The lowest BCUT2D eigenvalue weighted by molar-refractivity contribution is -0.129. The molecule has 2 aliphatic rings. The smallest absolute Gasteiger partial charge is 0.139 e. The average molecular weight is 266 g/mol. The van der Waals surface area contributed by atoms with E-state index in [2.05, 4.69) is 13.8 Å². The monoisotopic (exact) mass is 266 g/mol. The van der Waals surface area contributed by atoms with Gasteiger partial charge in [-0.05, 0) is 50.9 Å². The fraction of sp³-hybridized carbons (Fsp3) is 0.941. The minimum Gasteiger partial charge on any atom is -0.378 e. The van der Waals surface area contributed by atoms with Crippen molar-refractivity contribution < 1.29 is 9.53 Å². The van der Waals surface area contributed by atoms with Crippen molar-refractivity contribution in [2.45, 2.75) is 84.2 Å². The van der Waals surface area contributed by atoms with Crippen LogP contribution in [-0.2, 0) is 9.53 Å². The summed E-state index contributed by atoms with van der Waals surface area (Å²) in [6, 6.07) is 0. The van der Waals surface area contributed by atoms with E-state index in [4.69, 9.17) is 4.74 Å². The number of Topliss-reactive ketones (excluding diaryl/α,β-unsaturated/α-hetero) is 1. The summed E-state index contributed by atoms with van der Waals surface area (Å²) in [6.45, 7) is 5.43. The summed E-state index contributed by atoms with van der Waals surface area (Å²) in [5.74, 6) is 1.19. The van der Waals surface area contributed by atoms with Crippen molar-refractivity contribution in [1.82, 2.24) is 0 Å². The zero-order valence-electron chi connectivity index (χ0n) is 12.7. The van der Waals surface area contributed by atoms with Gasteiger partial charge in [0.1, 0.15) is 5.78 Å². The molecule has 19 heavy (non-hydrogen) atoms. The van der Waals surface area contributed by atoms with E-state index in [1.165, 1.54) is 25.7 Å². The SMILES string of the molecule is CC(C)CC1(C(=O)CCCC2CCCO2)CCCC1. The summed E-state index contributed by atoms with van der Waals surface area (Å²) in [7, 11) is 0. The molecule has 2 nitrogen and oxygen atoms in total. The van der Waals surface area contributed by atoms with Crippen LogP contribution in [0, 0.1) is 11.3 Å². The molecule has 1 aliphatic carbocycles. The van der Waals surface area contributed by atoms with Gasteiger partial charge >= 0.3 is 0 Å². The number of hydrogen-bond acceptors (Lipinski definition) is 2. The maximum atomic E-state index is 12.6. The minimum absolute atomic E-state index is 0.0463. The maximum absolute atomic E-state index is 12.6. The van der Waals surface area contributed by atoms with Crippen LogP contribution in [0.2, 0.25) is 0 Å². The first-order chi connectivity index (χ1) is 9.12. The van der Waals surface area contributed by atoms with Crippen LogP contribution in [0.3, 0.4) is 0 Å². The van der Waals surface area contributed by atoms with Crippen LogP contribution in [0.1, 0.15) is 78.1 Å². The van der Waals surface area contributed by atoms with Gasteiger partial charge in [0.25, 0.3) is 0 Å². The van der Waals surface area contributed by atoms with Crippen molar-refractivity contribution in [1.29, 1.82) is 0 Å². The predicted octanol–water partition coefficient (Wildman–Crippen LogP) is 4.51. The Hall–Kier alpha value is -0.370. The van der Waals surface area contributed by atoms with Crippen LogP contribution in [0.25, 0.3) is 0 Å². The molecule has 1 heterocycles. The summed E-state index contributed by atoms with van der Waals surface area (Å²) in [6.07, 6.45) is 11.6. The van der Waals surface area contributed by atoms with E-state index in [0.717, 1.165) is 45.1 Å². The van der Waals surface area contributed by atoms with Crippen molar-refractivity contribution in [3.8, 4) is 0 Å². The largest absolute Gasteiger partial charge is 0.378 e. The molecule has 1 saturated carbocycles. The average Bonchev–Trinajstić information content (AvgIpc) is 3.00. The Kier molecular flexibility index (Phi) is 5.44. The first-order valence-corrected chi connectivity index (χ1v) is 8.27. The zero-order chi connectivity index (χ0) is 13.7. The second kappa shape index (κ2) is 6.88. The molecule has 1 atom stereocenters. The highest BCUT2D eigenvalue weighted by molar-refractivity contribution is 5.85. The Balaban J connectivity index is 1.78. The Bertz CT molecular complexity index is 284. The molecule has 0 aromatic carbocycles. The van der Waals surface area contributed by atoms with Crippen LogP contribution in [0.5, 0.6) is 0 Å². The van der Waals surface area contributed by atoms with Crippen LogP contribution in [0.15, 0.2) is 0 Å². The standard InChI is InChI=1S/C17H30O2/c1-14(2)13-17(10-3-4-11-17)16(18)9-5-7-15-8-6-12-19-15/h14-15H,3-13H2,1-2H3. The van der Waals surface area contributed by atoms with Gasteiger partial charge < -0.3 is 4.74 Å². The van der Waals surface area contributed by atoms with Crippen molar-refractivity contribution in [3.05, 3.63) is 0 Å². The quantitative estimate of drug-likeness (QED) is 0.677. The highest BCUT2D eigenvalue weighted by atomic mass is 16.5.